The minimum Gasteiger partial charge on any atom is -0.371 e. The number of halogens is 1. The van der Waals surface area contributed by atoms with Gasteiger partial charge < -0.3 is 9.64 Å². The zero-order chi connectivity index (χ0) is 9.97. The fourth-order valence-corrected chi connectivity index (χ4v) is 1.85. The first-order chi connectivity index (χ1) is 6.77. The van der Waals surface area contributed by atoms with Gasteiger partial charge in [0.1, 0.15) is 5.15 Å². The summed E-state index contributed by atoms with van der Waals surface area (Å²) in [5.41, 5.74) is 0.987. The van der Waals surface area contributed by atoms with Crippen LogP contribution in [0, 0.1) is 0 Å². The number of likely N-dealkylation sites (N-methyl/N-ethyl adjacent to an activating group) is 1. The van der Waals surface area contributed by atoms with Gasteiger partial charge in [0.05, 0.1) is 12.7 Å². The molecule has 1 fully saturated rings. The van der Waals surface area contributed by atoms with Crippen LogP contribution in [-0.2, 0) is 4.74 Å². The van der Waals surface area contributed by atoms with Crippen molar-refractivity contribution in [1.82, 2.24) is 9.88 Å². The number of morpholine rings is 1. The molecular formula is C10H13ClN2O. The first kappa shape index (κ1) is 9.90. The maximum atomic E-state index is 6.00. The van der Waals surface area contributed by atoms with Gasteiger partial charge in [-0.05, 0) is 13.1 Å². The molecule has 1 saturated heterocycles. The van der Waals surface area contributed by atoms with Crippen LogP contribution in [0.1, 0.15) is 11.7 Å². The Labute approximate surface area is 88.6 Å². The molecule has 0 radical (unpaired) electrons. The van der Waals surface area contributed by atoms with Gasteiger partial charge in [-0.25, -0.2) is 4.98 Å². The van der Waals surface area contributed by atoms with Gasteiger partial charge in [0.2, 0.25) is 0 Å². The quantitative estimate of drug-likeness (QED) is 0.664. The predicted octanol–water partition coefficient (Wildman–Crippen LogP) is 1.74. The van der Waals surface area contributed by atoms with Crippen LogP contribution in [0.4, 0.5) is 0 Å². The summed E-state index contributed by atoms with van der Waals surface area (Å²) in [7, 11) is 2.08. The molecule has 3 nitrogen and oxygen atoms in total. The number of nitrogens with zero attached hydrogens (tertiary/aromatic N) is 2. The lowest BCUT2D eigenvalue weighted by molar-refractivity contribution is -0.0209. The number of aromatic nitrogens is 1. The molecule has 0 bridgehead atoms. The summed E-state index contributed by atoms with van der Waals surface area (Å²) in [6.07, 6.45) is 1.76. The smallest absolute Gasteiger partial charge is 0.134 e. The molecule has 0 saturated carbocycles. The summed E-state index contributed by atoms with van der Waals surface area (Å²) < 4.78 is 5.65. The second kappa shape index (κ2) is 4.26. The molecule has 4 heteroatoms. The Hall–Kier alpha value is -0.640. The summed E-state index contributed by atoms with van der Waals surface area (Å²) in [5.74, 6) is 0. The van der Waals surface area contributed by atoms with Gasteiger partial charge in [0.25, 0.3) is 0 Å². The second-order valence-corrected chi connectivity index (χ2v) is 3.86. The highest BCUT2D eigenvalue weighted by molar-refractivity contribution is 6.30. The molecule has 0 aliphatic carbocycles. The zero-order valence-corrected chi connectivity index (χ0v) is 8.87. The topological polar surface area (TPSA) is 25.4 Å². The molecule has 1 unspecified atom stereocenters. The van der Waals surface area contributed by atoms with Gasteiger partial charge in [0, 0.05) is 24.8 Å². The fraction of sp³-hybridized carbons (Fsp3) is 0.500. The Balaban J connectivity index is 2.18. The van der Waals surface area contributed by atoms with E-state index >= 15 is 0 Å². The van der Waals surface area contributed by atoms with E-state index in [0.29, 0.717) is 5.15 Å². The van der Waals surface area contributed by atoms with E-state index in [0.717, 1.165) is 25.3 Å². The number of rotatable bonds is 1. The highest BCUT2D eigenvalue weighted by Gasteiger charge is 2.21. The van der Waals surface area contributed by atoms with Crippen LogP contribution in [0.15, 0.2) is 18.3 Å². The largest absolute Gasteiger partial charge is 0.371 e. The average molecular weight is 213 g/mol. The highest BCUT2D eigenvalue weighted by atomic mass is 35.5. The molecule has 1 aromatic rings. The lowest BCUT2D eigenvalue weighted by Gasteiger charge is -2.30. The van der Waals surface area contributed by atoms with Crippen molar-refractivity contribution in [3.63, 3.8) is 0 Å². The van der Waals surface area contributed by atoms with Crippen LogP contribution in [0.25, 0.3) is 0 Å². The standard InChI is InChI=1S/C10H13ClN2O/c1-13-5-6-14-9(7-13)8-3-2-4-12-10(8)11/h2-4,9H,5-7H2,1H3. The number of hydrogen-bond acceptors (Lipinski definition) is 3. The van der Waals surface area contributed by atoms with Gasteiger partial charge in [0.15, 0.2) is 0 Å². The number of hydrogen-bond donors (Lipinski definition) is 0. The average Bonchev–Trinajstić information content (AvgIpc) is 2.18. The predicted molar refractivity (Wildman–Crippen MR) is 55.4 cm³/mol. The SMILES string of the molecule is CN1CCOC(c2cccnc2Cl)C1. The van der Waals surface area contributed by atoms with Crippen LogP contribution in [0.3, 0.4) is 0 Å². The van der Waals surface area contributed by atoms with E-state index in [4.69, 9.17) is 16.3 Å². The van der Waals surface area contributed by atoms with Crippen molar-refractivity contribution < 1.29 is 4.74 Å². The summed E-state index contributed by atoms with van der Waals surface area (Å²) in [6.45, 7) is 2.62. The van der Waals surface area contributed by atoms with Crippen LogP contribution in [0.2, 0.25) is 5.15 Å². The number of pyridine rings is 1. The Morgan fingerprint density at radius 3 is 3.21 bits per heavy atom. The van der Waals surface area contributed by atoms with Gasteiger partial charge in [-0.1, -0.05) is 17.7 Å². The maximum Gasteiger partial charge on any atom is 0.134 e. The molecule has 0 aromatic carbocycles. The normalized spacial score (nSPS) is 23.7. The second-order valence-electron chi connectivity index (χ2n) is 3.51. The third-order valence-corrected chi connectivity index (χ3v) is 2.72. The third kappa shape index (κ3) is 2.05. The summed E-state index contributed by atoms with van der Waals surface area (Å²) >= 11 is 6.00. The summed E-state index contributed by atoms with van der Waals surface area (Å²) in [5, 5.41) is 0.549. The van der Waals surface area contributed by atoms with E-state index in [2.05, 4.69) is 16.9 Å². The lowest BCUT2D eigenvalue weighted by atomic mass is 10.1. The van der Waals surface area contributed by atoms with Crippen molar-refractivity contribution in [3.8, 4) is 0 Å². The Morgan fingerprint density at radius 2 is 2.50 bits per heavy atom. The van der Waals surface area contributed by atoms with Gasteiger partial charge in [-0.2, -0.15) is 0 Å². The van der Waals surface area contributed by atoms with Crippen LogP contribution in [0.5, 0.6) is 0 Å². The molecule has 76 valence electrons. The Kier molecular flexibility index (Phi) is 3.01. The minimum absolute atomic E-state index is 0.0648. The van der Waals surface area contributed by atoms with E-state index in [1.165, 1.54) is 0 Å². The molecule has 2 rings (SSSR count). The molecule has 1 aliphatic rings. The molecule has 1 atom stereocenters. The Bertz CT molecular complexity index is 319. The molecule has 0 spiro atoms. The van der Waals surface area contributed by atoms with Crippen molar-refractivity contribution in [2.75, 3.05) is 26.7 Å². The van der Waals surface area contributed by atoms with Crippen molar-refractivity contribution in [2.24, 2.45) is 0 Å². The lowest BCUT2D eigenvalue weighted by Crippen LogP contribution is -2.35. The van der Waals surface area contributed by atoms with Crippen molar-refractivity contribution >= 4 is 11.6 Å². The van der Waals surface area contributed by atoms with Gasteiger partial charge in [-0.15, -0.1) is 0 Å². The maximum absolute atomic E-state index is 6.00. The number of ether oxygens (including phenoxy) is 1. The van der Waals surface area contributed by atoms with E-state index in [-0.39, 0.29) is 6.10 Å². The molecular weight excluding hydrogens is 200 g/mol. The minimum atomic E-state index is 0.0648. The summed E-state index contributed by atoms with van der Waals surface area (Å²) in [4.78, 5) is 6.28. The molecule has 0 N–H and O–H groups in total. The molecule has 0 amide bonds. The van der Waals surface area contributed by atoms with Crippen molar-refractivity contribution in [1.29, 1.82) is 0 Å². The van der Waals surface area contributed by atoms with Crippen LogP contribution < -0.4 is 0 Å². The molecule has 1 aromatic heterocycles. The van der Waals surface area contributed by atoms with E-state index < -0.39 is 0 Å². The first-order valence-electron chi connectivity index (χ1n) is 4.68. The first-order valence-corrected chi connectivity index (χ1v) is 5.06. The molecule has 14 heavy (non-hydrogen) atoms. The fourth-order valence-electron chi connectivity index (χ4n) is 1.60. The van der Waals surface area contributed by atoms with Crippen LogP contribution in [-0.4, -0.2) is 36.6 Å². The molecule has 2 heterocycles. The summed E-state index contributed by atoms with van der Waals surface area (Å²) in [6, 6.07) is 3.86. The zero-order valence-electron chi connectivity index (χ0n) is 8.11. The van der Waals surface area contributed by atoms with E-state index in [9.17, 15) is 0 Å². The monoisotopic (exact) mass is 212 g/mol. The van der Waals surface area contributed by atoms with Gasteiger partial charge >= 0.3 is 0 Å². The van der Waals surface area contributed by atoms with Crippen molar-refractivity contribution in [2.45, 2.75) is 6.10 Å². The van der Waals surface area contributed by atoms with E-state index in [1.54, 1.807) is 6.20 Å². The third-order valence-electron chi connectivity index (χ3n) is 2.40. The van der Waals surface area contributed by atoms with Gasteiger partial charge in [-0.3, -0.25) is 0 Å². The van der Waals surface area contributed by atoms with Crippen LogP contribution >= 0.6 is 11.6 Å². The Morgan fingerprint density at radius 1 is 1.64 bits per heavy atom. The molecule has 1 aliphatic heterocycles. The van der Waals surface area contributed by atoms with Crippen molar-refractivity contribution in [3.05, 3.63) is 29.0 Å². The highest BCUT2D eigenvalue weighted by Crippen LogP contribution is 2.26. The van der Waals surface area contributed by atoms with E-state index in [1.807, 2.05) is 12.1 Å².